The zero-order valence-corrected chi connectivity index (χ0v) is 19.5. The number of hydrogen-bond acceptors (Lipinski definition) is 3. The maximum atomic E-state index is 6.54. The second-order valence-corrected chi connectivity index (χ2v) is 14.6. The van der Waals surface area contributed by atoms with E-state index in [1.807, 2.05) is 18.2 Å². The van der Waals surface area contributed by atoms with E-state index in [2.05, 4.69) is 38.5 Å². The molecule has 7 heteroatoms. The molecule has 0 aliphatic carbocycles. The van der Waals surface area contributed by atoms with Crippen LogP contribution in [0.3, 0.4) is 0 Å². The van der Waals surface area contributed by atoms with Crippen molar-refractivity contribution in [3.05, 3.63) is 51.8 Å². The zero-order chi connectivity index (χ0) is 20.5. The van der Waals surface area contributed by atoms with Crippen LogP contribution in [-0.2, 0) is 11.5 Å². The first-order valence-corrected chi connectivity index (χ1v) is 13.8. The summed E-state index contributed by atoms with van der Waals surface area (Å²) < 4.78 is 13.8. The number of hydrogen-bond donors (Lipinski definition) is 0. The summed E-state index contributed by atoms with van der Waals surface area (Å²) in [6.45, 7) is 12.1. The van der Waals surface area contributed by atoms with Gasteiger partial charge in [-0.3, -0.25) is 4.57 Å². The molecule has 28 heavy (non-hydrogen) atoms. The highest BCUT2D eigenvalue weighted by atomic mass is 35.5. The number of fused-ring (bicyclic) bond motifs is 1. The van der Waals surface area contributed by atoms with E-state index in [4.69, 9.17) is 32.7 Å². The van der Waals surface area contributed by atoms with Gasteiger partial charge >= 0.3 is 0 Å². The van der Waals surface area contributed by atoms with E-state index in [0.29, 0.717) is 40.3 Å². The van der Waals surface area contributed by atoms with Crippen molar-refractivity contribution in [3.8, 4) is 11.5 Å². The normalized spacial score (nSPS) is 12.0. The van der Waals surface area contributed by atoms with Crippen molar-refractivity contribution in [2.24, 2.45) is 0 Å². The van der Waals surface area contributed by atoms with Crippen LogP contribution >= 0.6 is 23.2 Å². The summed E-state index contributed by atoms with van der Waals surface area (Å²) in [6.07, 6.45) is 1.70. The number of ether oxygens (including phenoxy) is 2. The molecule has 0 unspecified atom stereocenters. The van der Waals surface area contributed by atoms with E-state index in [1.165, 1.54) is 11.1 Å². The zero-order valence-electron chi connectivity index (χ0n) is 17.0. The fourth-order valence-corrected chi connectivity index (χ4v) is 4.06. The quantitative estimate of drug-likeness (QED) is 0.293. The van der Waals surface area contributed by atoms with Crippen LogP contribution in [0.5, 0.6) is 11.5 Å². The van der Waals surface area contributed by atoms with Crippen molar-refractivity contribution in [2.45, 2.75) is 46.3 Å². The molecule has 0 N–H and O–H groups in total. The van der Waals surface area contributed by atoms with E-state index in [1.54, 1.807) is 16.8 Å². The fraction of sp³-hybridized carbons (Fsp3) is 0.381. The van der Waals surface area contributed by atoms with Crippen LogP contribution in [0, 0.1) is 13.8 Å². The van der Waals surface area contributed by atoms with Gasteiger partial charge in [0, 0.05) is 20.9 Å². The molecular weight excluding hydrogens is 411 g/mol. The van der Waals surface area contributed by atoms with E-state index >= 15 is 0 Å². The molecule has 1 aromatic carbocycles. The van der Waals surface area contributed by atoms with Crippen LogP contribution in [0.25, 0.3) is 11.0 Å². The molecule has 4 nitrogen and oxygen atoms in total. The summed E-state index contributed by atoms with van der Waals surface area (Å²) >= 11 is 13.0. The van der Waals surface area contributed by atoms with Gasteiger partial charge in [-0.25, -0.2) is 4.98 Å². The van der Waals surface area contributed by atoms with Gasteiger partial charge in [0.15, 0.2) is 0 Å². The molecule has 0 saturated heterocycles. The average Bonchev–Trinajstić information content (AvgIpc) is 2.86. The third kappa shape index (κ3) is 4.71. The van der Waals surface area contributed by atoms with Crippen molar-refractivity contribution >= 4 is 42.3 Å². The molecule has 0 aliphatic heterocycles. The predicted molar refractivity (Wildman–Crippen MR) is 120 cm³/mol. The van der Waals surface area contributed by atoms with Gasteiger partial charge in [-0.2, -0.15) is 0 Å². The van der Waals surface area contributed by atoms with Gasteiger partial charge in [0.2, 0.25) is 0 Å². The molecule has 3 rings (SSSR count). The highest BCUT2D eigenvalue weighted by molar-refractivity contribution is 6.76. The molecular formula is C21H26Cl2N2O2Si. The van der Waals surface area contributed by atoms with Crippen LogP contribution in [0.15, 0.2) is 30.5 Å². The molecule has 0 fully saturated rings. The Morgan fingerprint density at radius 2 is 1.82 bits per heavy atom. The summed E-state index contributed by atoms with van der Waals surface area (Å²) in [7, 11) is -1.15. The first-order valence-electron chi connectivity index (χ1n) is 9.32. The largest absolute Gasteiger partial charge is 0.456 e. The minimum absolute atomic E-state index is 0.312. The van der Waals surface area contributed by atoms with Gasteiger partial charge in [0.25, 0.3) is 0 Å². The van der Waals surface area contributed by atoms with Gasteiger partial charge in [0.05, 0.1) is 10.4 Å². The first kappa shape index (κ1) is 21.2. The Morgan fingerprint density at radius 3 is 2.50 bits per heavy atom. The Balaban J connectivity index is 1.88. The molecule has 150 valence electrons. The van der Waals surface area contributed by atoms with Gasteiger partial charge < -0.3 is 9.47 Å². The second kappa shape index (κ2) is 8.45. The van der Waals surface area contributed by atoms with E-state index in [-0.39, 0.29) is 0 Å². The SMILES string of the molecule is Cc1ccc(Oc2ccnc3c2c(Cl)c(Cl)n3COCC[Si](C)(C)C)cc1C. The molecule has 0 radical (unpaired) electrons. The summed E-state index contributed by atoms with van der Waals surface area (Å²) in [5, 5.41) is 1.53. The monoisotopic (exact) mass is 436 g/mol. The smallest absolute Gasteiger partial charge is 0.148 e. The highest BCUT2D eigenvalue weighted by Gasteiger charge is 2.20. The third-order valence-electron chi connectivity index (χ3n) is 4.71. The van der Waals surface area contributed by atoms with Crippen LogP contribution in [0.1, 0.15) is 11.1 Å². The van der Waals surface area contributed by atoms with Crippen LogP contribution in [-0.4, -0.2) is 24.2 Å². The lowest BCUT2D eigenvalue weighted by Gasteiger charge is -2.16. The number of benzene rings is 1. The van der Waals surface area contributed by atoms with Gasteiger partial charge in [-0.1, -0.05) is 48.9 Å². The van der Waals surface area contributed by atoms with Crippen LogP contribution < -0.4 is 4.74 Å². The molecule has 2 heterocycles. The lowest BCUT2D eigenvalue weighted by Crippen LogP contribution is -2.22. The number of aryl methyl sites for hydroxylation is 2. The second-order valence-electron chi connectivity index (χ2n) is 8.24. The van der Waals surface area contributed by atoms with E-state index < -0.39 is 8.07 Å². The maximum absolute atomic E-state index is 6.54. The molecule has 0 bridgehead atoms. The lowest BCUT2D eigenvalue weighted by atomic mass is 10.1. The van der Waals surface area contributed by atoms with Crippen LogP contribution in [0.2, 0.25) is 35.9 Å². The van der Waals surface area contributed by atoms with Crippen molar-refractivity contribution in [1.29, 1.82) is 0 Å². The number of nitrogens with zero attached hydrogens (tertiary/aromatic N) is 2. The van der Waals surface area contributed by atoms with Gasteiger partial charge in [0.1, 0.15) is 29.0 Å². The standard InChI is InChI=1S/C21H26Cl2N2O2Si/c1-14-6-7-16(12-15(14)2)27-17-8-9-24-21-18(17)19(22)20(23)25(21)13-26-10-11-28(3,4)5/h6-9,12H,10-11,13H2,1-5H3. The number of aromatic nitrogens is 2. The lowest BCUT2D eigenvalue weighted by molar-refractivity contribution is 0.0901. The molecule has 0 amide bonds. The van der Waals surface area contributed by atoms with Gasteiger partial charge in [-0.05, 0) is 49.2 Å². The van der Waals surface area contributed by atoms with Crippen molar-refractivity contribution in [3.63, 3.8) is 0 Å². The number of halogens is 2. The molecule has 0 atom stereocenters. The minimum atomic E-state index is -1.15. The maximum Gasteiger partial charge on any atom is 0.148 e. The molecule has 2 aromatic heterocycles. The Labute approximate surface area is 177 Å². The topological polar surface area (TPSA) is 36.3 Å². The van der Waals surface area contributed by atoms with Crippen LogP contribution in [0.4, 0.5) is 0 Å². The molecule has 0 spiro atoms. The van der Waals surface area contributed by atoms with Crippen molar-refractivity contribution in [1.82, 2.24) is 9.55 Å². The highest BCUT2D eigenvalue weighted by Crippen LogP contribution is 2.40. The molecule has 0 aliphatic rings. The van der Waals surface area contributed by atoms with Gasteiger partial charge in [-0.15, -0.1) is 0 Å². The Kier molecular flexibility index (Phi) is 6.40. The number of pyridine rings is 1. The molecule has 3 aromatic rings. The summed E-state index contributed by atoms with van der Waals surface area (Å²) in [5.74, 6) is 1.38. The molecule has 0 saturated carbocycles. The third-order valence-corrected chi connectivity index (χ3v) is 7.27. The Hall–Kier alpha value is -1.53. The van der Waals surface area contributed by atoms with E-state index in [0.717, 1.165) is 11.8 Å². The number of rotatable bonds is 7. The first-order chi connectivity index (χ1) is 13.2. The summed E-state index contributed by atoms with van der Waals surface area (Å²) in [6, 6.07) is 8.88. The minimum Gasteiger partial charge on any atom is -0.456 e. The Bertz CT molecular complexity index is 996. The van der Waals surface area contributed by atoms with Crippen molar-refractivity contribution in [2.75, 3.05) is 6.61 Å². The fourth-order valence-electron chi connectivity index (χ4n) is 2.80. The Morgan fingerprint density at radius 1 is 1.07 bits per heavy atom. The van der Waals surface area contributed by atoms with Crippen molar-refractivity contribution < 1.29 is 9.47 Å². The predicted octanol–water partition coefficient (Wildman–Crippen LogP) is 7.06. The summed E-state index contributed by atoms with van der Waals surface area (Å²) in [4.78, 5) is 4.47. The van der Waals surface area contributed by atoms with E-state index in [9.17, 15) is 0 Å². The average molecular weight is 437 g/mol. The summed E-state index contributed by atoms with van der Waals surface area (Å²) in [5.41, 5.74) is 3.04.